The monoisotopic (exact) mass is 542 g/mol. The van der Waals surface area contributed by atoms with Gasteiger partial charge in [0.1, 0.15) is 17.1 Å². The second kappa shape index (κ2) is 9.97. The van der Waals surface area contributed by atoms with Crippen molar-refractivity contribution in [3.05, 3.63) is 76.3 Å². The van der Waals surface area contributed by atoms with Crippen LogP contribution in [0.15, 0.2) is 58.4 Å². The minimum absolute atomic E-state index is 0.0367. The molecular weight excluding hydrogens is 514 g/mol. The molecule has 1 aliphatic heterocycles. The first-order chi connectivity index (χ1) is 18.0. The first-order valence-electron chi connectivity index (χ1n) is 12.1. The number of piperazine rings is 1. The van der Waals surface area contributed by atoms with Gasteiger partial charge in [-0.25, -0.2) is 17.2 Å². The summed E-state index contributed by atoms with van der Waals surface area (Å²) in [5.74, 6) is -1.71. The lowest BCUT2D eigenvalue weighted by Crippen LogP contribution is -2.43. The minimum atomic E-state index is -3.59. The average molecular weight is 543 g/mol. The summed E-state index contributed by atoms with van der Waals surface area (Å²) in [6.07, 6.45) is 2.69. The quantitative estimate of drug-likeness (QED) is 0.399. The molecule has 0 amide bonds. The smallest absolute Gasteiger partial charge is 0.274 e. The van der Waals surface area contributed by atoms with Crippen molar-refractivity contribution in [1.29, 1.82) is 0 Å². The van der Waals surface area contributed by atoms with E-state index in [0.29, 0.717) is 34.6 Å². The summed E-state index contributed by atoms with van der Waals surface area (Å²) in [5, 5.41) is 0.590. The van der Waals surface area contributed by atoms with Crippen LogP contribution in [0.1, 0.15) is 5.69 Å². The van der Waals surface area contributed by atoms with Crippen molar-refractivity contribution < 1.29 is 21.9 Å². The molecule has 0 atom stereocenters. The average Bonchev–Trinajstić information content (AvgIpc) is 3.28. The Morgan fingerprint density at radius 3 is 2.34 bits per heavy atom. The molecule has 1 aliphatic rings. The van der Waals surface area contributed by atoms with Crippen molar-refractivity contribution in [2.24, 2.45) is 7.05 Å². The van der Waals surface area contributed by atoms with Gasteiger partial charge in [-0.1, -0.05) is 0 Å². The normalized spacial score (nSPS) is 15.3. The molecule has 0 spiro atoms. The van der Waals surface area contributed by atoms with Crippen molar-refractivity contribution in [3.8, 4) is 22.6 Å². The van der Waals surface area contributed by atoms with Crippen molar-refractivity contribution in [2.45, 2.75) is 11.4 Å². The van der Waals surface area contributed by atoms with Gasteiger partial charge in [0.2, 0.25) is 0 Å². The standard InChI is InChI=1S/C27H28F2N4O4S/c1-31-8-10-33(11-9-31)15-18-13-21-22(16-32(2)27(34)26(21)30-18)20-14-19(38(3,35)36)5-7-24(20)37-25-6-4-17(28)12-23(25)29/h4-7,12-14,16,30H,8-11,15H2,1-3H3. The Bertz CT molecular complexity index is 1690. The molecule has 0 aliphatic carbocycles. The maximum absolute atomic E-state index is 14.4. The van der Waals surface area contributed by atoms with Crippen molar-refractivity contribution in [1.82, 2.24) is 19.4 Å². The molecule has 200 valence electrons. The van der Waals surface area contributed by atoms with Crippen LogP contribution >= 0.6 is 0 Å². The zero-order chi connectivity index (χ0) is 27.2. The van der Waals surface area contributed by atoms with Gasteiger partial charge in [0, 0.05) is 80.5 Å². The zero-order valence-electron chi connectivity index (χ0n) is 21.3. The van der Waals surface area contributed by atoms with Gasteiger partial charge in [-0.05, 0) is 43.4 Å². The number of aromatic nitrogens is 2. The van der Waals surface area contributed by atoms with E-state index in [9.17, 15) is 22.0 Å². The molecule has 38 heavy (non-hydrogen) atoms. The molecule has 1 saturated heterocycles. The maximum atomic E-state index is 14.4. The number of hydrogen-bond donors (Lipinski definition) is 1. The molecule has 0 radical (unpaired) electrons. The van der Waals surface area contributed by atoms with E-state index in [-0.39, 0.29) is 22.0 Å². The fourth-order valence-electron chi connectivity index (χ4n) is 4.65. The van der Waals surface area contributed by atoms with Crippen LogP contribution in [0.5, 0.6) is 11.5 Å². The number of rotatable bonds is 6. The van der Waals surface area contributed by atoms with E-state index >= 15 is 0 Å². The van der Waals surface area contributed by atoms with Gasteiger partial charge in [0.05, 0.1) is 4.90 Å². The number of likely N-dealkylation sites (N-methyl/N-ethyl adjacent to an activating group) is 1. The van der Waals surface area contributed by atoms with Gasteiger partial charge in [-0.15, -0.1) is 0 Å². The molecule has 5 rings (SSSR count). The summed E-state index contributed by atoms with van der Waals surface area (Å²) in [6, 6.07) is 9.08. The molecule has 3 heterocycles. The number of fused-ring (bicyclic) bond motifs is 1. The van der Waals surface area contributed by atoms with Gasteiger partial charge in [0.15, 0.2) is 21.4 Å². The minimum Gasteiger partial charge on any atom is -0.454 e. The van der Waals surface area contributed by atoms with Crippen LogP contribution in [0.25, 0.3) is 22.0 Å². The highest BCUT2D eigenvalue weighted by Crippen LogP contribution is 2.39. The fraction of sp³-hybridized carbons (Fsp3) is 0.296. The van der Waals surface area contributed by atoms with E-state index in [4.69, 9.17) is 4.74 Å². The number of sulfone groups is 1. The third-order valence-corrected chi connectivity index (χ3v) is 7.90. The Morgan fingerprint density at radius 2 is 1.66 bits per heavy atom. The number of benzene rings is 2. The molecule has 0 unspecified atom stereocenters. The number of pyridine rings is 1. The number of aromatic amines is 1. The lowest BCUT2D eigenvalue weighted by molar-refractivity contribution is 0.147. The number of hydrogen-bond acceptors (Lipinski definition) is 6. The van der Waals surface area contributed by atoms with Gasteiger partial charge in [-0.3, -0.25) is 9.69 Å². The van der Waals surface area contributed by atoms with Crippen molar-refractivity contribution >= 4 is 20.7 Å². The second-order valence-electron chi connectivity index (χ2n) is 9.73. The predicted molar refractivity (Wildman–Crippen MR) is 141 cm³/mol. The van der Waals surface area contributed by atoms with Crippen LogP contribution in [0.2, 0.25) is 0 Å². The van der Waals surface area contributed by atoms with Crippen molar-refractivity contribution in [3.63, 3.8) is 0 Å². The number of nitrogens with zero attached hydrogens (tertiary/aromatic N) is 3. The second-order valence-corrected chi connectivity index (χ2v) is 11.7. The number of H-pyrrole nitrogens is 1. The number of nitrogens with one attached hydrogen (secondary N) is 1. The Kier molecular flexibility index (Phi) is 6.84. The lowest BCUT2D eigenvalue weighted by Gasteiger charge is -2.31. The zero-order valence-corrected chi connectivity index (χ0v) is 22.1. The SMILES string of the molecule is CN1CCN(Cc2cc3c(-c4cc(S(C)(=O)=O)ccc4Oc4ccc(F)cc4F)cn(C)c(=O)c3[nH]2)CC1. The predicted octanol–water partition coefficient (Wildman–Crippen LogP) is 3.76. The third-order valence-electron chi connectivity index (χ3n) is 6.79. The Morgan fingerprint density at radius 1 is 0.947 bits per heavy atom. The van der Waals surface area contributed by atoms with Crippen LogP contribution in [0.4, 0.5) is 8.78 Å². The molecule has 1 fully saturated rings. The topological polar surface area (TPSA) is 87.6 Å². The Labute approximate surface area is 219 Å². The summed E-state index contributed by atoms with van der Waals surface area (Å²) < 4.78 is 59.9. The summed E-state index contributed by atoms with van der Waals surface area (Å²) in [4.78, 5) is 20.9. The van der Waals surface area contributed by atoms with E-state index < -0.39 is 21.5 Å². The number of ether oxygens (including phenoxy) is 1. The third kappa shape index (κ3) is 5.22. The first kappa shape index (κ1) is 26.1. The summed E-state index contributed by atoms with van der Waals surface area (Å²) >= 11 is 0. The van der Waals surface area contributed by atoms with Crippen LogP contribution < -0.4 is 10.3 Å². The molecule has 2 aromatic carbocycles. The molecule has 1 N–H and O–H groups in total. The lowest BCUT2D eigenvalue weighted by atomic mass is 10.0. The molecule has 11 heteroatoms. The summed E-state index contributed by atoms with van der Waals surface area (Å²) in [5.41, 5.74) is 1.87. The molecule has 8 nitrogen and oxygen atoms in total. The molecule has 0 saturated carbocycles. The summed E-state index contributed by atoms with van der Waals surface area (Å²) in [7, 11) is 0.0927. The highest BCUT2D eigenvalue weighted by atomic mass is 32.2. The molecule has 4 aromatic rings. The van der Waals surface area contributed by atoms with Gasteiger partial charge in [0.25, 0.3) is 5.56 Å². The van der Waals surface area contributed by atoms with E-state index in [0.717, 1.165) is 44.2 Å². The molecule has 0 bridgehead atoms. The number of aryl methyl sites for hydroxylation is 1. The Hall–Kier alpha value is -3.54. The molecule has 2 aromatic heterocycles. The van der Waals surface area contributed by atoms with E-state index in [1.807, 2.05) is 6.07 Å². The highest BCUT2D eigenvalue weighted by Gasteiger charge is 2.21. The summed E-state index contributed by atoms with van der Waals surface area (Å²) in [6.45, 7) is 4.32. The van der Waals surface area contributed by atoms with Gasteiger partial charge in [-0.2, -0.15) is 0 Å². The van der Waals surface area contributed by atoms with Crippen LogP contribution in [-0.4, -0.2) is 67.3 Å². The van der Waals surface area contributed by atoms with Crippen LogP contribution in [0, 0.1) is 11.6 Å². The van der Waals surface area contributed by atoms with Gasteiger partial charge < -0.3 is 19.2 Å². The largest absolute Gasteiger partial charge is 0.454 e. The Balaban J connectivity index is 1.65. The maximum Gasteiger partial charge on any atom is 0.274 e. The van der Waals surface area contributed by atoms with Crippen molar-refractivity contribution in [2.75, 3.05) is 39.5 Å². The first-order valence-corrected chi connectivity index (χ1v) is 14.0. The van der Waals surface area contributed by atoms with Crippen LogP contribution in [0.3, 0.4) is 0 Å². The highest BCUT2D eigenvalue weighted by molar-refractivity contribution is 7.90. The van der Waals surface area contributed by atoms with E-state index in [2.05, 4.69) is 21.8 Å². The fourth-order valence-corrected chi connectivity index (χ4v) is 5.30. The van der Waals surface area contributed by atoms with E-state index in [1.54, 1.807) is 13.2 Å². The van der Waals surface area contributed by atoms with E-state index in [1.165, 1.54) is 28.8 Å². The number of halogens is 2. The molecular formula is C27H28F2N4O4S. The van der Waals surface area contributed by atoms with Gasteiger partial charge >= 0.3 is 0 Å². The van der Waals surface area contributed by atoms with Crippen LogP contribution in [-0.2, 0) is 23.4 Å².